The van der Waals surface area contributed by atoms with E-state index in [1.807, 2.05) is 24.3 Å². The Kier molecular flexibility index (Phi) is 6.27. The number of hydrogen-bond donors (Lipinski definition) is 1. The molecule has 1 aliphatic heterocycles. The molecule has 1 aromatic heterocycles. The molecule has 1 fully saturated rings. The summed E-state index contributed by atoms with van der Waals surface area (Å²) in [5.41, 5.74) is 0.554. The number of carbonyl (C=O) groups is 1. The van der Waals surface area contributed by atoms with E-state index < -0.39 is 0 Å². The summed E-state index contributed by atoms with van der Waals surface area (Å²) in [6.07, 6.45) is 3.54. The molecule has 0 aliphatic carbocycles. The van der Waals surface area contributed by atoms with Crippen LogP contribution in [0.25, 0.3) is 0 Å². The molecule has 0 saturated carbocycles. The number of nitrogens with one attached hydrogen (secondary N) is 1. The summed E-state index contributed by atoms with van der Waals surface area (Å²) >= 11 is 3.41. The minimum atomic E-state index is -0.0745. The van der Waals surface area contributed by atoms with E-state index in [9.17, 15) is 4.79 Å². The molecule has 1 N–H and O–H groups in total. The summed E-state index contributed by atoms with van der Waals surface area (Å²) in [5, 5.41) is 3.12. The first-order valence-corrected chi connectivity index (χ1v) is 9.75. The van der Waals surface area contributed by atoms with E-state index in [4.69, 9.17) is 4.74 Å². The molecular weight excluding hydrogens is 394 g/mol. The molecule has 1 saturated heterocycles. The predicted octanol–water partition coefficient (Wildman–Crippen LogP) is 4.24. The normalized spacial score (nSPS) is 15.8. The van der Waals surface area contributed by atoms with Gasteiger partial charge in [-0.2, -0.15) is 0 Å². The highest BCUT2D eigenvalue weighted by molar-refractivity contribution is 9.10. The van der Waals surface area contributed by atoms with Crippen molar-refractivity contribution in [1.82, 2.24) is 15.2 Å². The monoisotopic (exact) mass is 417 g/mol. The fraction of sp³-hybridized carbons (Fsp3) is 0.400. The Hall–Kier alpha value is -1.92. The molecule has 0 radical (unpaired) electrons. The number of likely N-dealkylation sites (tertiary alicyclic amines) is 1. The molecule has 2 heterocycles. The number of carbonyl (C=O) groups excluding carboxylic acids is 1. The molecule has 1 aliphatic rings. The molecule has 2 aromatic rings. The number of aromatic nitrogens is 1. The Bertz CT molecular complexity index is 741. The first kappa shape index (κ1) is 18.9. The molecule has 0 unspecified atom stereocenters. The SMILES string of the molecule is CC(C)N1CCC(NC(=O)c2ccc(Oc3cccc(Br)c3)nc2)CC1. The van der Waals surface area contributed by atoms with E-state index >= 15 is 0 Å². The van der Waals surface area contributed by atoms with Gasteiger partial charge in [-0.15, -0.1) is 0 Å². The van der Waals surface area contributed by atoms with E-state index in [2.05, 4.69) is 45.0 Å². The van der Waals surface area contributed by atoms with Gasteiger partial charge in [-0.1, -0.05) is 22.0 Å². The van der Waals surface area contributed by atoms with Gasteiger partial charge in [0.05, 0.1) is 5.56 Å². The van der Waals surface area contributed by atoms with Crippen LogP contribution >= 0.6 is 15.9 Å². The van der Waals surface area contributed by atoms with Crippen molar-refractivity contribution in [1.29, 1.82) is 0 Å². The van der Waals surface area contributed by atoms with Crippen LogP contribution in [0.4, 0.5) is 0 Å². The fourth-order valence-electron chi connectivity index (χ4n) is 3.06. The molecule has 0 atom stereocenters. The third-order valence-corrected chi connectivity index (χ3v) is 5.11. The molecular formula is C20H24BrN3O2. The smallest absolute Gasteiger partial charge is 0.253 e. The van der Waals surface area contributed by atoms with Gasteiger partial charge < -0.3 is 15.0 Å². The van der Waals surface area contributed by atoms with Crippen LogP contribution < -0.4 is 10.1 Å². The average Bonchev–Trinajstić information content (AvgIpc) is 2.63. The summed E-state index contributed by atoms with van der Waals surface area (Å²) in [6, 6.07) is 11.8. The molecule has 138 valence electrons. The average molecular weight is 418 g/mol. The number of hydrogen-bond acceptors (Lipinski definition) is 4. The van der Waals surface area contributed by atoms with Gasteiger partial charge in [0.15, 0.2) is 0 Å². The number of nitrogens with zero attached hydrogens (tertiary/aromatic N) is 2. The molecule has 0 spiro atoms. The van der Waals surface area contributed by atoms with Crippen molar-refractivity contribution in [2.45, 2.75) is 38.8 Å². The summed E-state index contributed by atoms with van der Waals surface area (Å²) in [7, 11) is 0. The van der Waals surface area contributed by atoms with Gasteiger partial charge in [-0.3, -0.25) is 4.79 Å². The van der Waals surface area contributed by atoms with Crippen molar-refractivity contribution < 1.29 is 9.53 Å². The first-order chi connectivity index (χ1) is 12.5. The van der Waals surface area contributed by atoms with Crippen LogP contribution in [0, 0.1) is 0 Å². The highest BCUT2D eigenvalue weighted by Gasteiger charge is 2.22. The lowest BCUT2D eigenvalue weighted by Crippen LogP contribution is -2.46. The number of piperidine rings is 1. The lowest BCUT2D eigenvalue weighted by molar-refractivity contribution is 0.0900. The van der Waals surface area contributed by atoms with Crippen molar-refractivity contribution in [2.75, 3.05) is 13.1 Å². The summed E-state index contributed by atoms with van der Waals surface area (Å²) in [4.78, 5) is 19.1. The van der Waals surface area contributed by atoms with Gasteiger partial charge in [-0.25, -0.2) is 4.98 Å². The maximum absolute atomic E-state index is 12.4. The Morgan fingerprint density at radius 2 is 2.04 bits per heavy atom. The highest BCUT2D eigenvalue weighted by Crippen LogP contribution is 2.23. The standard InChI is InChI=1S/C20H24BrN3O2/c1-14(2)24-10-8-17(9-11-24)23-20(25)15-6-7-19(22-13-15)26-18-5-3-4-16(21)12-18/h3-7,12-14,17H,8-11H2,1-2H3,(H,23,25). The molecule has 6 heteroatoms. The van der Waals surface area contributed by atoms with Crippen LogP contribution in [0.15, 0.2) is 47.1 Å². The van der Waals surface area contributed by atoms with E-state index in [0.717, 1.165) is 30.4 Å². The van der Waals surface area contributed by atoms with Crippen molar-refractivity contribution in [3.05, 3.63) is 52.6 Å². The minimum absolute atomic E-state index is 0.0745. The van der Waals surface area contributed by atoms with Crippen molar-refractivity contribution in [3.8, 4) is 11.6 Å². The maximum atomic E-state index is 12.4. The van der Waals surface area contributed by atoms with Crippen LogP contribution in [0.5, 0.6) is 11.6 Å². The zero-order valence-electron chi connectivity index (χ0n) is 15.1. The van der Waals surface area contributed by atoms with Gasteiger partial charge in [0.25, 0.3) is 5.91 Å². The fourth-order valence-corrected chi connectivity index (χ4v) is 3.43. The third-order valence-electron chi connectivity index (χ3n) is 4.61. The van der Waals surface area contributed by atoms with Crippen LogP contribution in [0.1, 0.15) is 37.0 Å². The lowest BCUT2D eigenvalue weighted by Gasteiger charge is -2.34. The van der Waals surface area contributed by atoms with Crippen LogP contribution in [-0.4, -0.2) is 41.0 Å². The summed E-state index contributed by atoms with van der Waals surface area (Å²) in [5.74, 6) is 1.08. The molecule has 0 bridgehead atoms. The van der Waals surface area contributed by atoms with Gasteiger partial charge >= 0.3 is 0 Å². The lowest BCUT2D eigenvalue weighted by atomic mass is 10.0. The molecule has 26 heavy (non-hydrogen) atoms. The Morgan fingerprint density at radius 1 is 1.27 bits per heavy atom. The Morgan fingerprint density at radius 3 is 2.65 bits per heavy atom. The van der Waals surface area contributed by atoms with E-state index in [-0.39, 0.29) is 11.9 Å². The van der Waals surface area contributed by atoms with E-state index in [1.54, 1.807) is 18.3 Å². The second-order valence-corrected chi connectivity index (χ2v) is 7.74. The van der Waals surface area contributed by atoms with Gasteiger partial charge in [0.1, 0.15) is 5.75 Å². The minimum Gasteiger partial charge on any atom is -0.439 e. The molecule has 1 aromatic carbocycles. The molecule has 3 rings (SSSR count). The zero-order chi connectivity index (χ0) is 18.5. The quantitative estimate of drug-likeness (QED) is 0.790. The van der Waals surface area contributed by atoms with Crippen LogP contribution in [-0.2, 0) is 0 Å². The third kappa shape index (κ3) is 5.05. The highest BCUT2D eigenvalue weighted by atomic mass is 79.9. The number of benzene rings is 1. The van der Waals surface area contributed by atoms with E-state index in [0.29, 0.717) is 23.2 Å². The Labute approximate surface area is 162 Å². The van der Waals surface area contributed by atoms with Gasteiger partial charge in [0.2, 0.25) is 5.88 Å². The van der Waals surface area contributed by atoms with Crippen molar-refractivity contribution in [3.63, 3.8) is 0 Å². The largest absolute Gasteiger partial charge is 0.439 e. The first-order valence-electron chi connectivity index (χ1n) is 8.95. The number of pyridine rings is 1. The predicted molar refractivity (Wildman–Crippen MR) is 106 cm³/mol. The van der Waals surface area contributed by atoms with Crippen LogP contribution in [0.2, 0.25) is 0 Å². The van der Waals surface area contributed by atoms with Crippen molar-refractivity contribution in [2.24, 2.45) is 0 Å². The molecule has 1 amide bonds. The summed E-state index contributed by atoms with van der Waals surface area (Å²) < 4.78 is 6.64. The Balaban J connectivity index is 1.54. The van der Waals surface area contributed by atoms with Crippen molar-refractivity contribution >= 4 is 21.8 Å². The zero-order valence-corrected chi connectivity index (χ0v) is 16.7. The summed E-state index contributed by atoms with van der Waals surface area (Å²) in [6.45, 7) is 6.48. The topological polar surface area (TPSA) is 54.5 Å². The second-order valence-electron chi connectivity index (χ2n) is 6.82. The number of ether oxygens (including phenoxy) is 1. The van der Waals surface area contributed by atoms with Crippen LogP contribution in [0.3, 0.4) is 0 Å². The number of amides is 1. The number of rotatable bonds is 5. The van der Waals surface area contributed by atoms with E-state index in [1.165, 1.54) is 0 Å². The van der Waals surface area contributed by atoms with Gasteiger partial charge in [0, 0.05) is 41.9 Å². The number of halogens is 1. The molecule has 5 nitrogen and oxygen atoms in total. The second kappa shape index (κ2) is 8.64. The maximum Gasteiger partial charge on any atom is 0.253 e. The van der Waals surface area contributed by atoms with Gasteiger partial charge in [-0.05, 0) is 51.0 Å².